The highest BCUT2D eigenvalue weighted by atomic mass is 16.5. The first kappa shape index (κ1) is 17.2. The van der Waals surface area contributed by atoms with Crippen LogP contribution in [0.5, 0.6) is 0 Å². The molecular weight excluding hydrogens is 292 g/mol. The molecule has 0 aromatic carbocycles. The Kier molecular flexibility index (Phi) is 4.52. The number of hydrogen-bond donors (Lipinski definition) is 2. The van der Waals surface area contributed by atoms with E-state index in [0.29, 0.717) is 12.8 Å². The van der Waals surface area contributed by atoms with Crippen molar-refractivity contribution in [1.82, 2.24) is 0 Å². The monoisotopic (exact) mass is 324 g/mol. The van der Waals surface area contributed by atoms with Crippen LogP contribution in [0.15, 0.2) is 0 Å². The molecule has 0 aromatic heterocycles. The van der Waals surface area contributed by atoms with E-state index in [1.165, 1.54) is 7.11 Å². The van der Waals surface area contributed by atoms with Gasteiger partial charge in [0.05, 0.1) is 24.2 Å². The van der Waals surface area contributed by atoms with Crippen molar-refractivity contribution >= 4 is 5.97 Å². The molecule has 0 saturated heterocycles. The van der Waals surface area contributed by atoms with E-state index in [1.807, 2.05) is 13.8 Å². The lowest BCUT2D eigenvalue weighted by Crippen LogP contribution is -2.54. The minimum absolute atomic E-state index is 0.0283. The molecule has 0 aliphatic heterocycles. The van der Waals surface area contributed by atoms with Gasteiger partial charge in [0.15, 0.2) is 0 Å². The topological polar surface area (TPSA) is 66.8 Å². The Balaban J connectivity index is 2.07. The largest absolute Gasteiger partial charge is 0.469 e. The fraction of sp³-hybridized carbons (Fsp3) is 0.947. The number of rotatable bonds is 3. The third kappa shape index (κ3) is 2.44. The fourth-order valence-electron chi connectivity index (χ4n) is 6.41. The van der Waals surface area contributed by atoms with Crippen molar-refractivity contribution < 1.29 is 19.7 Å². The average molecular weight is 324 g/mol. The van der Waals surface area contributed by atoms with Crippen molar-refractivity contribution in [2.24, 2.45) is 29.6 Å². The molecule has 0 heterocycles. The van der Waals surface area contributed by atoms with E-state index in [1.54, 1.807) is 0 Å². The van der Waals surface area contributed by atoms with Gasteiger partial charge in [-0.25, -0.2) is 0 Å². The van der Waals surface area contributed by atoms with Crippen molar-refractivity contribution in [1.29, 1.82) is 0 Å². The van der Waals surface area contributed by atoms with Gasteiger partial charge in [0.1, 0.15) is 0 Å². The Labute approximate surface area is 139 Å². The second-order valence-corrected chi connectivity index (χ2v) is 8.13. The van der Waals surface area contributed by atoms with Gasteiger partial charge in [-0.3, -0.25) is 4.79 Å². The summed E-state index contributed by atoms with van der Waals surface area (Å²) in [5, 5.41) is 22.7. The zero-order valence-electron chi connectivity index (χ0n) is 14.8. The smallest absolute Gasteiger partial charge is 0.309 e. The number of esters is 1. The lowest BCUT2D eigenvalue weighted by molar-refractivity contribution is -0.150. The summed E-state index contributed by atoms with van der Waals surface area (Å²) in [4.78, 5) is 12.5. The number of hydrogen-bond acceptors (Lipinski definition) is 4. The van der Waals surface area contributed by atoms with Gasteiger partial charge >= 0.3 is 5.97 Å². The molecule has 3 fully saturated rings. The normalized spacial score (nSPS) is 49.3. The van der Waals surface area contributed by atoms with Crippen LogP contribution in [0.1, 0.15) is 65.2 Å². The zero-order valence-corrected chi connectivity index (χ0v) is 14.8. The van der Waals surface area contributed by atoms with Gasteiger partial charge in [-0.2, -0.15) is 0 Å². The average Bonchev–Trinajstić information content (AvgIpc) is 2.91. The van der Waals surface area contributed by atoms with E-state index in [2.05, 4.69) is 0 Å². The molecule has 4 nitrogen and oxygen atoms in total. The zero-order chi connectivity index (χ0) is 16.8. The van der Waals surface area contributed by atoms with Gasteiger partial charge in [0.2, 0.25) is 0 Å². The van der Waals surface area contributed by atoms with Crippen molar-refractivity contribution in [2.45, 2.75) is 76.4 Å². The van der Waals surface area contributed by atoms with Crippen LogP contribution in [-0.4, -0.2) is 34.5 Å². The third-order valence-electron chi connectivity index (χ3n) is 7.47. The summed E-state index contributed by atoms with van der Waals surface area (Å²) in [6.45, 7) is 4.08. The highest BCUT2D eigenvalue weighted by Gasteiger charge is 2.65. The lowest BCUT2D eigenvalue weighted by atomic mass is 9.59. The third-order valence-corrected chi connectivity index (χ3v) is 7.47. The molecule has 1 unspecified atom stereocenters. The molecule has 0 amide bonds. The quantitative estimate of drug-likeness (QED) is 0.783. The number of ether oxygens (including phenoxy) is 1. The Morgan fingerprint density at radius 2 is 1.43 bits per heavy atom. The Bertz CT molecular complexity index is 430. The Morgan fingerprint density at radius 3 is 1.78 bits per heavy atom. The van der Waals surface area contributed by atoms with Crippen molar-refractivity contribution in [3.8, 4) is 0 Å². The first-order valence-corrected chi connectivity index (χ1v) is 9.44. The molecule has 3 aliphatic carbocycles. The fourth-order valence-corrected chi connectivity index (χ4v) is 6.41. The second kappa shape index (κ2) is 6.03. The van der Waals surface area contributed by atoms with E-state index < -0.39 is 11.2 Å². The van der Waals surface area contributed by atoms with Gasteiger partial charge in [0, 0.05) is 0 Å². The number of carbonyl (C=O) groups is 1. The predicted molar refractivity (Wildman–Crippen MR) is 87.6 cm³/mol. The molecule has 7 atom stereocenters. The summed E-state index contributed by atoms with van der Waals surface area (Å²) < 4.78 is 5.13. The molecule has 132 valence electrons. The standard InChI is InChI=1S/C19H32O4/c1-4-18(21)10-6-8-12-14(17(20)23-3)13-9-7-11-19(22,5-2)16(13)15(12)18/h12-16,21-22H,4-11H2,1-3H3/t12-,13+,14?,15-,16-,18-,19-/m0/s1. The van der Waals surface area contributed by atoms with Crippen LogP contribution < -0.4 is 0 Å². The molecule has 0 spiro atoms. The Morgan fingerprint density at radius 1 is 1.00 bits per heavy atom. The first-order valence-electron chi connectivity index (χ1n) is 9.44. The van der Waals surface area contributed by atoms with Crippen LogP contribution in [0.2, 0.25) is 0 Å². The summed E-state index contributed by atoms with van der Waals surface area (Å²) in [5.74, 6) is 0.0980. The molecule has 0 aromatic rings. The summed E-state index contributed by atoms with van der Waals surface area (Å²) in [6, 6.07) is 0. The van der Waals surface area contributed by atoms with Crippen molar-refractivity contribution in [2.75, 3.05) is 7.11 Å². The maximum absolute atomic E-state index is 12.5. The van der Waals surface area contributed by atoms with Crippen molar-refractivity contribution in [3.63, 3.8) is 0 Å². The minimum Gasteiger partial charge on any atom is -0.469 e. The van der Waals surface area contributed by atoms with Crippen molar-refractivity contribution in [3.05, 3.63) is 0 Å². The van der Waals surface area contributed by atoms with E-state index >= 15 is 0 Å². The number of methoxy groups -OCH3 is 1. The van der Waals surface area contributed by atoms with Crippen LogP contribution in [0.4, 0.5) is 0 Å². The van der Waals surface area contributed by atoms with Crippen LogP contribution in [0, 0.1) is 29.6 Å². The molecule has 23 heavy (non-hydrogen) atoms. The lowest BCUT2D eigenvalue weighted by Gasteiger charge is -2.50. The molecule has 4 heteroatoms. The summed E-state index contributed by atoms with van der Waals surface area (Å²) in [7, 11) is 1.47. The highest BCUT2D eigenvalue weighted by molar-refractivity contribution is 5.74. The van der Waals surface area contributed by atoms with Crippen LogP contribution in [-0.2, 0) is 9.53 Å². The van der Waals surface area contributed by atoms with Crippen LogP contribution in [0.25, 0.3) is 0 Å². The summed E-state index contributed by atoms with van der Waals surface area (Å²) in [5.41, 5.74) is -1.48. The molecule has 3 saturated carbocycles. The molecule has 3 rings (SSSR count). The molecule has 0 bridgehead atoms. The highest BCUT2D eigenvalue weighted by Crippen LogP contribution is 2.63. The van der Waals surface area contributed by atoms with Crippen LogP contribution in [0.3, 0.4) is 0 Å². The van der Waals surface area contributed by atoms with Gasteiger partial charge < -0.3 is 14.9 Å². The van der Waals surface area contributed by atoms with E-state index in [0.717, 1.165) is 38.5 Å². The molecule has 3 aliphatic rings. The number of carbonyl (C=O) groups excluding carboxylic acids is 1. The van der Waals surface area contributed by atoms with Gasteiger partial charge in [0.25, 0.3) is 0 Å². The van der Waals surface area contributed by atoms with Gasteiger partial charge in [-0.15, -0.1) is 0 Å². The number of fused-ring (bicyclic) bond motifs is 3. The first-order chi connectivity index (χ1) is 10.9. The van der Waals surface area contributed by atoms with Gasteiger partial charge in [-0.1, -0.05) is 26.7 Å². The summed E-state index contributed by atoms with van der Waals surface area (Å²) in [6.07, 6.45) is 6.85. The van der Waals surface area contributed by atoms with E-state index in [-0.39, 0.29) is 35.6 Å². The second-order valence-electron chi connectivity index (χ2n) is 8.13. The van der Waals surface area contributed by atoms with Gasteiger partial charge in [-0.05, 0) is 62.2 Å². The summed E-state index contributed by atoms with van der Waals surface area (Å²) >= 11 is 0. The van der Waals surface area contributed by atoms with Crippen LogP contribution >= 0.6 is 0 Å². The molecular formula is C19H32O4. The SMILES string of the molecule is CC[C@]1(O)CCC[C@@H]2C(C(=O)OC)[C@@H]3CCC[C@@](O)(CC)[C@@H]3[C@H]21. The molecule has 0 radical (unpaired) electrons. The maximum atomic E-state index is 12.5. The maximum Gasteiger partial charge on any atom is 0.309 e. The van der Waals surface area contributed by atoms with E-state index in [4.69, 9.17) is 4.74 Å². The Hall–Kier alpha value is -0.610. The van der Waals surface area contributed by atoms with E-state index in [9.17, 15) is 15.0 Å². The number of aliphatic hydroxyl groups is 2. The molecule has 2 N–H and O–H groups in total. The minimum atomic E-state index is -0.741. The predicted octanol–water partition coefficient (Wildman–Crippen LogP) is 2.90.